The van der Waals surface area contributed by atoms with Crippen LogP contribution in [0.25, 0.3) is 0 Å². The summed E-state index contributed by atoms with van der Waals surface area (Å²) in [5.41, 5.74) is -1.71. The molecule has 1 rings (SSSR count). The van der Waals surface area contributed by atoms with Gasteiger partial charge < -0.3 is 15.2 Å². The summed E-state index contributed by atoms with van der Waals surface area (Å²) in [6.07, 6.45) is 0. The van der Waals surface area contributed by atoms with Crippen molar-refractivity contribution in [3.05, 3.63) is 29.6 Å². The molecule has 0 saturated heterocycles. The average Bonchev–Trinajstić information content (AvgIpc) is 2.35. The van der Waals surface area contributed by atoms with E-state index in [1.807, 2.05) is 0 Å². The third-order valence-corrected chi connectivity index (χ3v) is 2.37. The van der Waals surface area contributed by atoms with Crippen LogP contribution in [0.5, 0.6) is 0 Å². The van der Waals surface area contributed by atoms with Gasteiger partial charge in [0.1, 0.15) is 17.4 Å². The van der Waals surface area contributed by atoms with Crippen LogP contribution in [-0.2, 0) is 9.53 Å². The van der Waals surface area contributed by atoms with Crippen LogP contribution in [0.1, 0.15) is 12.5 Å². The summed E-state index contributed by atoms with van der Waals surface area (Å²) in [5.74, 6) is -1.48. The number of ether oxygens (including phenoxy) is 1. The first kappa shape index (κ1) is 13.9. The van der Waals surface area contributed by atoms with Gasteiger partial charge in [0.05, 0.1) is 19.3 Å². The Morgan fingerprint density at radius 3 is 2.89 bits per heavy atom. The van der Waals surface area contributed by atoms with E-state index in [9.17, 15) is 14.3 Å². The van der Waals surface area contributed by atoms with Crippen LogP contribution < -0.4 is 5.32 Å². The Hall–Kier alpha value is -2.13. The quantitative estimate of drug-likeness (QED) is 0.782. The lowest BCUT2D eigenvalue weighted by molar-refractivity contribution is -0.158. The van der Waals surface area contributed by atoms with E-state index >= 15 is 0 Å². The number of nitrogens with zero attached hydrogens (tertiary/aromatic N) is 1. The van der Waals surface area contributed by atoms with Crippen LogP contribution in [0, 0.1) is 17.1 Å². The van der Waals surface area contributed by atoms with Crippen molar-refractivity contribution >= 4 is 11.7 Å². The zero-order valence-corrected chi connectivity index (χ0v) is 10.0. The molecule has 96 valence electrons. The van der Waals surface area contributed by atoms with Crippen molar-refractivity contribution in [2.45, 2.75) is 12.5 Å². The second-order valence-electron chi connectivity index (χ2n) is 3.89. The minimum Gasteiger partial charge on any atom is -0.467 e. The maximum Gasteiger partial charge on any atom is 0.339 e. The molecule has 1 unspecified atom stereocenters. The van der Waals surface area contributed by atoms with Crippen LogP contribution >= 0.6 is 0 Å². The summed E-state index contributed by atoms with van der Waals surface area (Å²) >= 11 is 0. The first-order valence-electron chi connectivity index (χ1n) is 5.15. The maximum atomic E-state index is 13.3. The average molecular weight is 252 g/mol. The Balaban J connectivity index is 2.85. The number of carbonyl (C=O) groups excluding carboxylic acids is 1. The minimum atomic E-state index is -1.76. The summed E-state index contributed by atoms with van der Waals surface area (Å²) in [6, 6.07) is 5.77. The van der Waals surface area contributed by atoms with Gasteiger partial charge in [-0.2, -0.15) is 5.26 Å². The van der Waals surface area contributed by atoms with E-state index in [-0.39, 0.29) is 17.8 Å². The molecule has 5 nitrogen and oxygen atoms in total. The summed E-state index contributed by atoms with van der Waals surface area (Å²) in [7, 11) is 1.15. The molecule has 0 aromatic heterocycles. The number of rotatable bonds is 4. The molecule has 0 radical (unpaired) electrons. The van der Waals surface area contributed by atoms with E-state index < -0.39 is 17.4 Å². The van der Waals surface area contributed by atoms with E-state index in [1.165, 1.54) is 19.1 Å². The van der Waals surface area contributed by atoms with Crippen LogP contribution in [-0.4, -0.2) is 30.3 Å². The van der Waals surface area contributed by atoms with Crippen molar-refractivity contribution in [1.29, 1.82) is 5.26 Å². The van der Waals surface area contributed by atoms with E-state index in [0.29, 0.717) is 0 Å². The van der Waals surface area contributed by atoms with E-state index in [4.69, 9.17) is 5.26 Å². The monoisotopic (exact) mass is 252 g/mol. The number of hydrogen-bond donors (Lipinski definition) is 2. The van der Waals surface area contributed by atoms with E-state index in [1.54, 1.807) is 6.07 Å². The van der Waals surface area contributed by atoms with Gasteiger partial charge in [-0.25, -0.2) is 9.18 Å². The van der Waals surface area contributed by atoms with Crippen molar-refractivity contribution < 1.29 is 19.0 Å². The molecule has 1 atom stereocenters. The molecule has 0 heterocycles. The predicted octanol–water partition coefficient (Wildman–Crippen LogP) is 1.03. The topological polar surface area (TPSA) is 82.3 Å². The third kappa shape index (κ3) is 2.96. The summed E-state index contributed by atoms with van der Waals surface area (Å²) in [4.78, 5) is 11.2. The van der Waals surface area contributed by atoms with Crippen molar-refractivity contribution in [2.24, 2.45) is 0 Å². The van der Waals surface area contributed by atoms with Crippen LogP contribution in [0.15, 0.2) is 18.2 Å². The Morgan fingerprint density at radius 2 is 2.33 bits per heavy atom. The van der Waals surface area contributed by atoms with Gasteiger partial charge in [-0.15, -0.1) is 0 Å². The van der Waals surface area contributed by atoms with Crippen molar-refractivity contribution in [1.82, 2.24) is 0 Å². The molecule has 0 amide bonds. The number of esters is 1. The molecule has 0 bridgehead atoms. The fourth-order valence-corrected chi connectivity index (χ4v) is 1.34. The molecule has 0 aliphatic carbocycles. The van der Waals surface area contributed by atoms with Gasteiger partial charge in [0.15, 0.2) is 5.60 Å². The number of methoxy groups -OCH3 is 1. The molecule has 2 N–H and O–H groups in total. The standard InChI is InChI=1S/C12H13FN2O3/c1-12(17,11(16)18-2)7-15-10-5-3-4-9(13)8(10)6-14/h3-5,15,17H,7H2,1-2H3. The number of anilines is 1. The van der Waals surface area contributed by atoms with Gasteiger partial charge in [0, 0.05) is 0 Å². The SMILES string of the molecule is COC(=O)C(C)(O)CNc1cccc(F)c1C#N. The highest BCUT2D eigenvalue weighted by Gasteiger charge is 2.31. The molecule has 0 aliphatic rings. The Bertz CT molecular complexity index is 495. The summed E-state index contributed by atoms with van der Waals surface area (Å²) in [6.45, 7) is 1.06. The number of carbonyl (C=O) groups is 1. The second-order valence-corrected chi connectivity index (χ2v) is 3.89. The molecular formula is C12H13FN2O3. The number of nitrogens with one attached hydrogen (secondary N) is 1. The molecular weight excluding hydrogens is 239 g/mol. The van der Waals surface area contributed by atoms with Gasteiger partial charge in [0.2, 0.25) is 0 Å². The predicted molar refractivity (Wildman–Crippen MR) is 62.2 cm³/mol. The van der Waals surface area contributed by atoms with E-state index in [0.717, 1.165) is 13.2 Å². The molecule has 1 aromatic carbocycles. The lowest BCUT2D eigenvalue weighted by Crippen LogP contribution is -2.42. The Morgan fingerprint density at radius 1 is 1.67 bits per heavy atom. The summed E-state index contributed by atoms with van der Waals surface area (Å²) in [5, 5.41) is 21.2. The first-order valence-corrected chi connectivity index (χ1v) is 5.15. The van der Waals surface area contributed by atoms with Crippen molar-refractivity contribution in [3.8, 4) is 6.07 Å². The van der Waals surface area contributed by atoms with Crippen LogP contribution in [0.3, 0.4) is 0 Å². The maximum absolute atomic E-state index is 13.3. The normalized spacial score (nSPS) is 13.3. The molecule has 18 heavy (non-hydrogen) atoms. The molecule has 0 saturated carbocycles. The number of benzene rings is 1. The highest BCUT2D eigenvalue weighted by molar-refractivity contribution is 5.79. The second kappa shape index (κ2) is 5.47. The van der Waals surface area contributed by atoms with Gasteiger partial charge in [-0.1, -0.05) is 6.07 Å². The molecule has 6 heteroatoms. The lowest BCUT2D eigenvalue weighted by Gasteiger charge is -2.21. The molecule has 0 aliphatic heterocycles. The Kier molecular flexibility index (Phi) is 4.23. The van der Waals surface area contributed by atoms with Gasteiger partial charge in [0.25, 0.3) is 0 Å². The first-order chi connectivity index (χ1) is 8.42. The van der Waals surface area contributed by atoms with Gasteiger partial charge in [-0.3, -0.25) is 0 Å². The molecule has 1 aromatic rings. The lowest BCUT2D eigenvalue weighted by atomic mass is 10.1. The zero-order chi connectivity index (χ0) is 13.8. The Labute approximate surface area is 104 Å². The van der Waals surface area contributed by atoms with Crippen LogP contribution in [0.2, 0.25) is 0 Å². The van der Waals surface area contributed by atoms with E-state index in [2.05, 4.69) is 10.1 Å². The minimum absolute atomic E-state index is 0.168. The smallest absolute Gasteiger partial charge is 0.339 e. The van der Waals surface area contributed by atoms with Gasteiger partial charge >= 0.3 is 5.97 Å². The largest absolute Gasteiger partial charge is 0.467 e. The highest BCUT2D eigenvalue weighted by atomic mass is 19.1. The number of halogens is 1. The number of aliphatic hydroxyl groups is 1. The third-order valence-electron chi connectivity index (χ3n) is 2.37. The fraction of sp³-hybridized carbons (Fsp3) is 0.333. The highest BCUT2D eigenvalue weighted by Crippen LogP contribution is 2.19. The molecule has 0 fully saturated rings. The van der Waals surface area contributed by atoms with Crippen molar-refractivity contribution in [3.63, 3.8) is 0 Å². The number of hydrogen-bond acceptors (Lipinski definition) is 5. The number of nitriles is 1. The summed E-state index contributed by atoms with van der Waals surface area (Å²) < 4.78 is 17.7. The molecule has 0 spiro atoms. The van der Waals surface area contributed by atoms with Crippen molar-refractivity contribution in [2.75, 3.05) is 19.0 Å². The van der Waals surface area contributed by atoms with Gasteiger partial charge in [-0.05, 0) is 19.1 Å². The fourth-order valence-electron chi connectivity index (χ4n) is 1.34. The van der Waals surface area contributed by atoms with Crippen LogP contribution in [0.4, 0.5) is 10.1 Å². The zero-order valence-electron chi connectivity index (χ0n) is 10.0.